The van der Waals surface area contributed by atoms with E-state index in [1.54, 1.807) is 64.1 Å². The molecule has 0 bridgehead atoms. The second-order valence-corrected chi connectivity index (χ2v) is 16.5. The minimum Gasteiger partial charge on any atom is -0.479 e. The molecule has 0 amide bonds. The Balaban J connectivity index is 1.33. The predicted octanol–water partition coefficient (Wildman–Crippen LogP) is 7.87. The molecular weight excluding hydrogens is 730 g/mol. The molecule has 5 rings (SSSR count). The summed E-state index contributed by atoms with van der Waals surface area (Å²) in [6.07, 6.45) is 1.02. The standard InChI is InChI=1S/C37H40ClN3O9S2/c1-5-48-30(42)23-49-32-31(38)33(51-34(32)36(43)50-37(2,3)4)25-13-9-15-28(21-25)39-27-17-19-40(20-18-27)52(46,47)35(24-11-7-6-8-12-24)26-14-10-16-29(22-26)41(44)45/h6-16,21-22,27,35,39H,5,17-20,23H2,1-4H3. The van der Waals surface area contributed by atoms with Gasteiger partial charge in [0.1, 0.15) is 15.9 Å². The average molecular weight is 770 g/mol. The van der Waals surface area contributed by atoms with Gasteiger partial charge < -0.3 is 19.5 Å². The molecular formula is C37H40ClN3O9S2. The van der Waals surface area contributed by atoms with Crippen molar-refractivity contribution in [2.75, 3.05) is 31.6 Å². The molecule has 1 N–H and O–H groups in total. The fourth-order valence-electron chi connectivity index (χ4n) is 5.86. The number of ether oxygens (including phenoxy) is 3. The largest absolute Gasteiger partial charge is 0.479 e. The van der Waals surface area contributed by atoms with Gasteiger partial charge in [0.25, 0.3) is 5.69 Å². The van der Waals surface area contributed by atoms with Gasteiger partial charge in [0, 0.05) is 37.0 Å². The lowest BCUT2D eigenvalue weighted by atomic mass is 10.0. The lowest BCUT2D eigenvalue weighted by Crippen LogP contribution is -2.44. The van der Waals surface area contributed by atoms with Gasteiger partial charge in [-0.15, -0.1) is 11.3 Å². The number of halogens is 1. The lowest BCUT2D eigenvalue weighted by Gasteiger charge is -2.34. The highest BCUT2D eigenvalue weighted by molar-refractivity contribution is 7.89. The van der Waals surface area contributed by atoms with Crippen LogP contribution in [0, 0.1) is 10.1 Å². The number of carbonyl (C=O) groups is 2. The number of carbonyl (C=O) groups excluding carboxylic acids is 2. The highest BCUT2D eigenvalue weighted by Gasteiger charge is 2.37. The number of hydrogen-bond acceptors (Lipinski definition) is 11. The van der Waals surface area contributed by atoms with Crippen LogP contribution < -0.4 is 10.1 Å². The molecule has 0 saturated carbocycles. The van der Waals surface area contributed by atoms with E-state index < -0.39 is 44.3 Å². The Kier molecular flexibility index (Phi) is 12.2. The molecule has 0 radical (unpaired) electrons. The van der Waals surface area contributed by atoms with Crippen LogP contribution in [-0.4, -0.2) is 67.5 Å². The maximum absolute atomic E-state index is 14.2. The van der Waals surface area contributed by atoms with E-state index in [-0.39, 0.29) is 47.1 Å². The fourth-order valence-corrected chi connectivity index (χ4v) is 9.31. The van der Waals surface area contributed by atoms with Gasteiger partial charge in [-0.3, -0.25) is 10.1 Å². The van der Waals surface area contributed by atoms with Gasteiger partial charge in [-0.05, 0) is 69.4 Å². The summed E-state index contributed by atoms with van der Waals surface area (Å²) in [4.78, 5) is 36.9. The fraction of sp³-hybridized carbons (Fsp3) is 0.351. The number of benzene rings is 3. The molecule has 0 spiro atoms. The molecule has 1 fully saturated rings. The van der Waals surface area contributed by atoms with E-state index in [9.17, 15) is 28.1 Å². The third-order valence-corrected chi connectivity index (χ3v) is 12.0. The monoisotopic (exact) mass is 769 g/mol. The zero-order chi connectivity index (χ0) is 37.6. The van der Waals surface area contributed by atoms with Crippen LogP contribution in [0.15, 0.2) is 78.9 Å². The minimum absolute atomic E-state index is 0.0369. The van der Waals surface area contributed by atoms with Gasteiger partial charge >= 0.3 is 11.9 Å². The molecule has 15 heteroatoms. The summed E-state index contributed by atoms with van der Waals surface area (Å²) >= 11 is 7.88. The van der Waals surface area contributed by atoms with Crippen molar-refractivity contribution >= 4 is 56.3 Å². The third kappa shape index (κ3) is 9.29. The molecule has 1 atom stereocenters. The van der Waals surface area contributed by atoms with Crippen molar-refractivity contribution in [2.24, 2.45) is 0 Å². The molecule has 1 aliphatic heterocycles. The number of rotatable bonds is 13. The molecule has 0 aliphatic carbocycles. The number of thiophene rings is 1. The van der Waals surface area contributed by atoms with Gasteiger partial charge in [0.05, 0.1) is 16.4 Å². The van der Waals surface area contributed by atoms with Crippen LogP contribution in [0.4, 0.5) is 11.4 Å². The van der Waals surface area contributed by atoms with Gasteiger partial charge in [-0.1, -0.05) is 66.2 Å². The average Bonchev–Trinajstić information content (AvgIpc) is 3.43. The number of esters is 2. The van der Waals surface area contributed by atoms with Crippen LogP contribution in [0.25, 0.3) is 10.4 Å². The van der Waals surface area contributed by atoms with E-state index >= 15 is 0 Å². The van der Waals surface area contributed by atoms with Crippen molar-refractivity contribution in [1.29, 1.82) is 0 Å². The number of hydrogen-bond donors (Lipinski definition) is 1. The topological polar surface area (TPSA) is 154 Å². The number of nitrogens with zero attached hydrogens (tertiary/aromatic N) is 2. The summed E-state index contributed by atoms with van der Waals surface area (Å²) in [5.41, 5.74) is 1.35. The molecule has 2 heterocycles. The first kappa shape index (κ1) is 38.7. The van der Waals surface area contributed by atoms with E-state index in [2.05, 4.69) is 5.32 Å². The van der Waals surface area contributed by atoms with Crippen LogP contribution in [0.1, 0.15) is 66.6 Å². The zero-order valence-electron chi connectivity index (χ0n) is 29.2. The summed E-state index contributed by atoms with van der Waals surface area (Å²) in [7, 11) is -3.96. The van der Waals surface area contributed by atoms with Gasteiger partial charge in [-0.2, -0.15) is 0 Å². The number of piperidine rings is 1. The van der Waals surface area contributed by atoms with Crippen molar-refractivity contribution in [1.82, 2.24) is 4.31 Å². The quantitative estimate of drug-likeness (QED) is 0.0807. The number of non-ortho nitro benzene ring substituents is 1. The van der Waals surface area contributed by atoms with Crippen molar-refractivity contribution in [2.45, 2.75) is 57.4 Å². The normalized spacial score (nSPS) is 14.7. The number of nitrogens with one attached hydrogen (secondary N) is 1. The summed E-state index contributed by atoms with van der Waals surface area (Å²) in [5.74, 6) is -1.21. The molecule has 1 saturated heterocycles. The zero-order valence-corrected chi connectivity index (χ0v) is 31.6. The molecule has 4 aromatic rings. The van der Waals surface area contributed by atoms with Crippen LogP contribution in [0.2, 0.25) is 5.02 Å². The Hall–Kier alpha value is -4.50. The SMILES string of the molecule is CCOC(=O)COc1c(C(=O)OC(C)(C)C)sc(-c2cccc(NC3CCN(S(=O)(=O)C(c4ccccc4)c4cccc([N+](=O)[O-])c4)CC3)c2)c1Cl. The Labute approximate surface area is 311 Å². The minimum atomic E-state index is -3.96. The maximum atomic E-state index is 14.2. The van der Waals surface area contributed by atoms with Gasteiger partial charge in [-0.25, -0.2) is 22.3 Å². The molecule has 1 aliphatic rings. The summed E-state index contributed by atoms with van der Waals surface area (Å²) in [6.45, 7) is 7.14. The Bertz CT molecular complexity index is 2020. The maximum Gasteiger partial charge on any atom is 0.352 e. The number of sulfonamides is 1. The molecule has 1 aromatic heterocycles. The summed E-state index contributed by atoms with van der Waals surface area (Å²) in [6, 6.07) is 21.9. The summed E-state index contributed by atoms with van der Waals surface area (Å²) < 4.78 is 46.1. The molecule has 12 nitrogen and oxygen atoms in total. The van der Waals surface area contributed by atoms with E-state index in [4.69, 9.17) is 25.8 Å². The molecule has 52 heavy (non-hydrogen) atoms. The first-order chi connectivity index (χ1) is 24.7. The number of nitro groups is 1. The molecule has 3 aromatic carbocycles. The van der Waals surface area contributed by atoms with E-state index in [1.165, 1.54) is 22.5 Å². The highest BCUT2D eigenvalue weighted by Crippen LogP contribution is 2.46. The van der Waals surface area contributed by atoms with Crippen molar-refractivity contribution in [3.05, 3.63) is 110 Å². The van der Waals surface area contributed by atoms with Crippen molar-refractivity contribution in [3.63, 3.8) is 0 Å². The first-order valence-electron chi connectivity index (χ1n) is 16.7. The third-order valence-electron chi connectivity index (χ3n) is 8.13. The second-order valence-electron chi connectivity index (χ2n) is 13.1. The highest BCUT2D eigenvalue weighted by atomic mass is 35.5. The van der Waals surface area contributed by atoms with Crippen LogP contribution >= 0.6 is 22.9 Å². The van der Waals surface area contributed by atoms with E-state index in [0.717, 1.165) is 17.0 Å². The van der Waals surface area contributed by atoms with Crippen LogP contribution in [0.5, 0.6) is 5.75 Å². The lowest BCUT2D eigenvalue weighted by molar-refractivity contribution is -0.384. The number of nitro benzene ring substituents is 1. The second kappa shape index (κ2) is 16.4. The smallest absolute Gasteiger partial charge is 0.352 e. The Morgan fingerprint density at radius 1 is 1.02 bits per heavy atom. The predicted molar refractivity (Wildman–Crippen MR) is 201 cm³/mol. The van der Waals surface area contributed by atoms with Gasteiger partial charge in [0.2, 0.25) is 10.0 Å². The molecule has 1 unspecified atom stereocenters. The number of anilines is 1. The Morgan fingerprint density at radius 2 is 1.69 bits per heavy atom. The van der Waals surface area contributed by atoms with Crippen molar-refractivity contribution in [3.8, 4) is 16.2 Å². The van der Waals surface area contributed by atoms with E-state index in [0.29, 0.717) is 34.4 Å². The van der Waals surface area contributed by atoms with E-state index in [1.807, 2.05) is 24.3 Å². The Morgan fingerprint density at radius 3 is 2.35 bits per heavy atom. The van der Waals surface area contributed by atoms with Crippen LogP contribution in [-0.2, 0) is 24.3 Å². The van der Waals surface area contributed by atoms with Gasteiger partial charge in [0.15, 0.2) is 17.2 Å². The van der Waals surface area contributed by atoms with Crippen molar-refractivity contribution < 1.29 is 37.1 Å². The summed E-state index contributed by atoms with van der Waals surface area (Å²) in [5, 5.41) is 14.1. The van der Waals surface area contributed by atoms with Crippen LogP contribution in [0.3, 0.4) is 0 Å². The molecule has 276 valence electrons. The first-order valence-corrected chi connectivity index (χ1v) is 19.4.